The summed E-state index contributed by atoms with van der Waals surface area (Å²) in [7, 11) is 0. The highest BCUT2D eigenvalue weighted by Gasteiger charge is 2.07. The number of rotatable bonds is 3. The van der Waals surface area contributed by atoms with Crippen molar-refractivity contribution in [3.8, 4) is 11.1 Å². The van der Waals surface area contributed by atoms with Crippen LogP contribution in [0.25, 0.3) is 21.9 Å². The van der Waals surface area contributed by atoms with Gasteiger partial charge in [0, 0.05) is 4.90 Å². The van der Waals surface area contributed by atoms with Crippen LogP contribution in [-0.2, 0) is 4.79 Å². The second-order valence-corrected chi connectivity index (χ2v) is 5.46. The van der Waals surface area contributed by atoms with Crippen LogP contribution < -0.4 is 0 Å². The van der Waals surface area contributed by atoms with E-state index in [-0.39, 0.29) is 0 Å². The van der Waals surface area contributed by atoms with Crippen molar-refractivity contribution >= 4 is 34.3 Å². The van der Waals surface area contributed by atoms with Gasteiger partial charge in [-0.05, 0) is 40.3 Å². The number of hydrogen-bond acceptors (Lipinski definition) is 3. The lowest BCUT2D eigenvalue weighted by atomic mass is 9.98. The van der Waals surface area contributed by atoms with Crippen LogP contribution in [0, 0.1) is 0 Å². The fourth-order valence-electron chi connectivity index (χ4n) is 2.46. The first kappa shape index (κ1) is 13.6. The summed E-state index contributed by atoms with van der Waals surface area (Å²) < 4.78 is 0. The van der Waals surface area contributed by atoms with Crippen molar-refractivity contribution in [1.29, 1.82) is 0 Å². The predicted octanol–water partition coefficient (Wildman–Crippen LogP) is 5.20. The Bertz CT molecular complexity index is 845. The number of isocyanates is 1. The molecule has 3 aromatic carbocycles. The van der Waals surface area contributed by atoms with Crippen LogP contribution in [-0.4, -0.2) is 12.3 Å². The zero-order valence-electron chi connectivity index (χ0n) is 11.5. The molecular weight excluding hydrogens is 278 g/mol. The smallest absolute Gasteiger partial charge is 0.211 e. The lowest BCUT2D eigenvalue weighted by Gasteiger charge is -2.09. The third kappa shape index (κ3) is 2.62. The van der Waals surface area contributed by atoms with Gasteiger partial charge in [0.15, 0.2) is 0 Å². The zero-order valence-corrected chi connectivity index (χ0v) is 12.4. The molecule has 0 aliphatic carbocycles. The molecule has 0 saturated heterocycles. The van der Waals surface area contributed by atoms with E-state index in [1.165, 1.54) is 16.3 Å². The van der Waals surface area contributed by atoms with Gasteiger partial charge in [0.1, 0.15) is 0 Å². The number of nitrogens with zero attached hydrogens (tertiary/aromatic N) is 1. The molecule has 0 atom stereocenters. The van der Waals surface area contributed by atoms with Gasteiger partial charge in [-0.15, -0.1) is 11.8 Å². The van der Waals surface area contributed by atoms with E-state index in [0.29, 0.717) is 5.69 Å². The molecule has 0 aliphatic rings. The van der Waals surface area contributed by atoms with E-state index in [1.54, 1.807) is 17.8 Å². The van der Waals surface area contributed by atoms with Gasteiger partial charge in [-0.2, -0.15) is 4.99 Å². The van der Waals surface area contributed by atoms with E-state index in [9.17, 15) is 4.79 Å². The predicted molar refractivity (Wildman–Crippen MR) is 88.9 cm³/mol. The summed E-state index contributed by atoms with van der Waals surface area (Å²) in [5.41, 5.74) is 2.98. The van der Waals surface area contributed by atoms with Crippen LogP contribution in [0.4, 0.5) is 5.69 Å². The largest absolute Gasteiger partial charge is 0.240 e. The first-order valence-electron chi connectivity index (χ1n) is 6.57. The minimum absolute atomic E-state index is 0.668. The fourth-order valence-corrected chi connectivity index (χ4v) is 3.03. The number of fused-ring (bicyclic) bond motifs is 1. The highest BCUT2D eigenvalue weighted by Crippen LogP contribution is 2.35. The summed E-state index contributed by atoms with van der Waals surface area (Å²) in [5.74, 6) is 0. The average molecular weight is 291 g/mol. The first-order chi connectivity index (χ1) is 10.3. The van der Waals surface area contributed by atoms with Gasteiger partial charge in [0.05, 0.1) is 5.69 Å². The summed E-state index contributed by atoms with van der Waals surface area (Å²) in [6, 6.07) is 20.6. The SMILES string of the molecule is CSc1cc(-c2cccc3ccccc23)ccc1N=C=O. The normalized spacial score (nSPS) is 10.3. The minimum Gasteiger partial charge on any atom is -0.211 e. The van der Waals surface area contributed by atoms with Gasteiger partial charge in [0.2, 0.25) is 6.08 Å². The lowest BCUT2D eigenvalue weighted by molar-refractivity contribution is 0.565. The van der Waals surface area contributed by atoms with Gasteiger partial charge in [-0.1, -0.05) is 48.5 Å². The van der Waals surface area contributed by atoms with Gasteiger partial charge in [0.25, 0.3) is 0 Å². The Morgan fingerprint density at radius 3 is 2.62 bits per heavy atom. The van der Waals surface area contributed by atoms with Crippen molar-refractivity contribution in [2.45, 2.75) is 4.90 Å². The van der Waals surface area contributed by atoms with E-state index in [4.69, 9.17) is 0 Å². The number of carbonyl (C=O) groups excluding carboxylic acids is 1. The van der Waals surface area contributed by atoms with Crippen LogP contribution in [0.5, 0.6) is 0 Å². The first-order valence-corrected chi connectivity index (χ1v) is 7.80. The second-order valence-electron chi connectivity index (χ2n) is 4.62. The van der Waals surface area contributed by atoms with Crippen molar-refractivity contribution in [1.82, 2.24) is 0 Å². The van der Waals surface area contributed by atoms with Crippen LogP contribution >= 0.6 is 11.8 Å². The highest BCUT2D eigenvalue weighted by molar-refractivity contribution is 7.98. The lowest BCUT2D eigenvalue weighted by Crippen LogP contribution is -1.83. The molecular formula is C18H13NOS. The molecule has 21 heavy (non-hydrogen) atoms. The molecule has 0 amide bonds. The number of hydrogen-bond donors (Lipinski definition) is 0. The van der Waals surface area contributed by atoms with Crippen LogP contribution in [0.2, 0.25) is 0 Å². The maximum absolute atomic E-state index is 10.5. The molecule has 3 aromatic rings. The van der Waals surface area contributed by atoms with Crippen molar-refractivity contribution < 1.29 is 4.79 Å². The molecule has 0 saturated carbocycles. The molecule has 102 valence electrons. The summed E-state index contributed by atoms with van der Waals surface area (Å²) >= 11 is 1.58. The summed E-state index contributed by atoms with van der Waals surface area (Å²) in [6.45, 7) is 0. The van der Waals surface area contributed by atoms with Crippen LogP contribution in [0.1, 0.15) is 0 Å². The number of thioether (sulfide) groups is 1. The Morgan fingerprint density at radius 1 is 1.00 bits per heavy atom. The van der Waals surface area contributed by atoms with Crippen molar-refractivity contribution in [3.05, 3.63) is 60.7 Å². The molecule has 0 spiro atoms. The Labute approximate surface area is 127 Å². The standard InChI is InChI=1S/C18H13NOS/c1-21-18-11-14(9-10-17(18)19-12-20)16-8-4-6-13-5-2-3-7-15(13)16/h2-11H,1H3. The highest BCUT2D eigenvalue weighted by atomic mass is 32.2. The Hall–Kier alpha value is -2.35. The molecule has 0 unspecified atom stereocenters. The molecule has 2 nitrogen and oxygen atoms in total. The van der Waals surface area contributed by atoms with E-state index < -0.39 is 0 Å². The maximum atomic E-state index is 10.5. The molecule has 0 heterocycles. The van der Waals surface area contributed by atoms with E-state index in [0.717, 1.165) is 10.5 Å². The van der Waals surface area contributed by atoms with Gasteiger partial charge in [-0.3, -0.25) is 0 Å². The summed E-state index contributed by atoms with van der Waals surface area (Å²) in [5, 5.41) is 2.44. The Morgan fingerprint density at radius 2 is 1.81 bits per heavy atom. The van der Waals surface area contributed by atoms with E-state index in [1.807, 2.05) is 30.5 Å². The number of benzene rings is 3. The van der Waals surface area contributed by atoms with Crippen molar-refractivity contribution in [2.24, 2.45) is 4.99 Å². The quantitative estimate of drug-likeness (QED) is 0.377. The second kappa shape index (κ2) is 5.96. The fraction of sp³-hybridized carbons (Fsp3) is 0.0556. The Kier molecular flexibility index (Phi) is 3.87. The third-order valence-electron chi connectivity index (χ3n) is 3.45. The molecule has 0 N–H and O–H groups in total. The molecule has 0 aliphatic heterocycles. The van der Waals surface area contributed by atoms with Gasteiger partial charge < -0.3 is 0 Å². The molecule has 0 radical (unpaired) electrons. The van der Waals surface area contributed by atoms with Crippen molar-refractivity contribution in [3.63, 3.8) is 0 Å². The number of aliphatic imine (C=N–C) groups is 1. The van der Waals surface area contributed by atoms with E-state index in [2.05, 4.69) is 41.4 Å². The monoisotopic (exact) mass is 291 g/mol. The van der Waals surface area contributed by atoms with E-state index >= 15 is 0 Å². The summed E-state index contributed by atoms with van der Waals surface area (Å²) in [4.78, 5) is 15.2. The van der Waals surface area contributed by atoms with Crippen molar-refractivity contribution in [2.75, 3.05) is 6.26 Å². The third-order valence-corrected chi connectivity index (χ3v) is 4.21. The topological polar surface area (TPSA) is 29.4 Å². The summed E-state index contributed by atoms with van der Waals surface area (Å²) in [6.07, 6.45) is 3.59. The van der Waals surface area contributed by atoms with Crippen LogP contribution in [0.3, 0.4) is 0 Å². The Balaban J connectivity index is 2.21. The van der Waals surface area contributed by atoms with Gasteiger partial charge in [-0.25, -0.2) is 4.79 Å². The zero-order chi connectivity index (χ0) is 14.7. The molecule has 0 bridgehead atoms. The molecule has 3 heteroatoms. The van der Waals surface area contributed by atoms with Gasteiger partial charge >= 0.3 is 0 Å². The molecule has 0 fully saturated rings. The molecule has 3 rings (SSSR count). The van der Waals surface area contributed by atoms with Crippen LogP contribution in [0.15, 0.2) is 70.6 Å². The molecule has 0 aromatic heterocycles. The maximum Gasteiger partial charge on any atom is 0.240 e. The average Bonchev–Trinajstić information content (AvgIpc) is 2.55. The minimum atomic E-state index is 0.668.